The second-order valence-electron chi connectivity index (χ2n) is 5.86. The van der Waals surface area contributed by atoms with E-state index in [4.69, 9.17) is 0 Å². The van der Waals surface area contributed by atoms with Crippen molar-refractivity contribution < 1.29 is 13.2 Å². The topological polar surface area (TPSA) is 75.3 Å². The van der Waals surface area contributed by atoms with Crippen LogP contribution >= 0.6 is 0 Å². The van der Waals surface area contributed by atoms with Gasteiger partial charge in [-0.05, 0) is 38.5 Å². The molecule has 2 N–H and O–H groups in total. The average molecular weight is 332 g/mol. The normalized spacial score (nSPS) is 11.8. The highest BCUT2D eigenvalue weighted by molar-refractivity contribution is 7.90. The molecule has 122 valence electrons. The van der Waals surface area contributed by atoms with E-state index in [0.717, 1.165) is 11.1 Å². The Morgan fingerprint density at radius 2 is 1.52 bits per heavy atom. The molecule has 0 aliphatic carbocycles. The highest BCUT2D eigenvalue weighted by Gasteiger charge is 2.25. The van der Waals surface area contributed by atoms with Crippen molar-refractivity contribution in [3.05, 3.63) is 65.7 Å². The number of urea groups is 1. The Labute approximate surface area is 136 Å². The summed E-state index contributed by atoms with van der Waals surface area (Å²) in [7, 11) is -3.89. The molecule has 0 atom stereocenters. The number of benzene rings is 2. The summed E-state index contributed by atoms with van der Waals surface area (Å²) in [5.74, 6) is 0. The van der Waals surface area contributed by atoms with Gasteiger partial charge in [0.15, 0.2) is 0 Å². The van der Waals surface area contributed by atoms with Crippen molar-refractivity contribution in [3.63, 3.8) is 0 Å². The predicted molar refractivity (Wildman–Crippen MR) is 89.5 cm³/mol. The van der Waals surface area contributed by atoms with Crippen molar-refractivity contribution in [2.24, 2.45) is 0 Å². The van der Waals surface area contributed by atoms with Crippen molar-refractivity contribution in [1.82, 2.24) is 10.0 Å². The minimum absolute atomic E-state index is 0.0516. The summed E-state index contributed by atoms with van der Waals surface area (Å²) >= 11 is 0. The van der Waals surface area contributed by atoms with Crippen LogP contribution in [0.25, 0.3) is 0 Å². The second kappa shape index (κ2) is 6.42. The average Bonchev–Trinajstić information content (AvgIpc) is 2.47. The van der Waals surface area contributed by atoms with Crippen LogP contribution < -0.4 is 10.0 Å². The first-order chi connectivity index (χ1) is 10.7. The van der Waals surface area contributed by atoms with Gasteiger partial charge in [0, 0.05) is 0 Å². The van der Waals surface area contributed by atoms with Gasteiger partial charge in [0.1, 0.15) is 0 Å². The van der Waals surface area contributed by atoms with Crippen LogP contribution in [0.4, 0.5) is 4.79 Å². The zero-order valence-electron chi connectivity index (χ0n) is 13.3. The van der Waals surface area contributed by atoms with E-state index in [-0.39, 0.29) is 4.90 Å². The number of hydrogen-bond acceptors (Lipinski definition) is 3. The van der Waals surface area contributed by atoms with Gasteiger partial charge in [-0.3, -0.25) is 0 Å². The Morgan fingerprint density at radius 3 is 2.09 bits per heavy atom. The third-order valence-corrected chi connectivity index (χ3v) is 4.83. The van der Waals surface area contributed by atoms with E-state index in [1.54, 1.807) is 26.0 Å². The summed E-state index contributed by atoms with van der Waals surface area (Å²) in [6, 6.07) is 14.9. The zero-order chi connectivity index (χ0) is 17.1. The predicted octanol–water partition coefficient (Wildman–Crippen LogP) is 2.92. The van der Waals surface area contributed by atoms with Gasteiger partial charge in [-0.1, -0.05) is 48.0 Å². The van der Waals surface area contributed by atoms with Crippen LogP contribution in [0.1, 0.15) is 25.0 Å². The van der Waals surface area contributed by atoms with Gasteiger partial charge < -0.3 is 5.32 Å². The van der Waals surface area contributed by atoms with E-state index in [2.05, 4.69) is 5.32 Å². The summed E-state index contributed by atoms with van der Waals surface area (Å²) < 4.78 is 26.4. The Bertz CT molecular complexity index is 782. The number of rotatable bonds is 4. The van der Waals surface area contributed by atoms with Crippen molar-refractivity contribution in [1.29, 1.82) is 0 Å². The molecular weight excluding hydrogens is 312 g/mol. The number of aryl methyl sites for hydroxylation is 1. The lowest BCUT2D eigenvalue weighted by molar-refractivity contribution is 0.235. The highest BCUT2D eigenvalue weighted by Crippen LogP contribution is 2.19. The van der Waals surface area contributed by atoms with E-state index < -0.39 is 21.6 Å². The number of carbonyl (C=O) groups is 1. The fourth-order valence-corrected chi connectivity index (χ4v) is 3.04. The Morgan fingerprint density at radius 1 is 0.957 bits per heavy atom. The van der Waals surface area contributed by atoms with Gasteiger partial charge in [-0.25, -0.2) is 17.9 Å². The summed E-state index contributed by atoms with van der Waals surface area (Å²) in [6.45, 7) is 5.47. The fourth-order valence-electron chi connectivity index (χ4n) is 2.13. The van der Waals surface area contributed by atoms with Gasteiger partial charge in [0.25, 0.3) is 10.0 Å². The molecule has 0 fully saturated rings. The molecule has 2 aromatic rings. The molecule has 0 radical (unpaired) electrons. The van der Waals surface area contributed by atoms with Crippen LogP contribution in [0.2, 0.25) is 0 Å². The molecule has 2 amide bonds. The van der Waals surface area contributed by atoms with Gasteiger partial charge in [-0.2, -0.15) is 0 Å². The quantitative estimate of drug-likeness (QED) is 0.904. The summed E-state index contributed by atoms with van der Waals surface area (Å²) in [5, 5.41) is 2.68. The molecular formula is C17H20N2O3S. The van der Waals surface area contributed by atoms with Crippen LogP contribution in [-0.4, -0.2) is 14.4 Å². The van der Waals surface area contributed by atoms with Crippen molar-refractivity contribution >= 4 is 16.1 Å². The SMILES string of the molecule is Cc1ccc(S(=O)(=O)NC(=O)NC(C)(C)c2ccccc2)cc1. The molecule has 0 aromatic heterocycles. The standard InChI is InChI=1S/C17H20N2O3S/c1-13-9-11-15(12-10-13)23(21,22)19-16(20)18-17(2,3)14-7-5-4-6-8-14/h4-12H,1-3H3,(H2,18,19,20). The molecule has 0 aliphatic heterocycles. The van der Waals surface area contributed by atoms with Crippen LogP contribution in [0, 0.1) is 6.92 Å². The molecule has 0 spiro atoms. The molecule has 0 aliphatic rings. The third-order valence-electron chi connectivity index (χ3n) is 3.48. The first-order valence-electron chi connectivity index (χ1n) is 7.18. The number of sulfonamides is 1. The first kappa shape index (κ1) is 17.0. The molecule has 0 heterocycles. The van der Waals surface area contributed by atoms with Crippen molar-refractivity contribution in [2.75, 3.05) is 0 Å². The Balaban J connectivity index is 2.11. The lowest BCUT2D eigenvalue weighted by Gasteiger charge is -2.26. The maximum Gasteiger partial charge on any atom is 0.329 e. The molecule has 0 saturated carbocycles. The summed E-state index contributed by atoms with van der Waals surface area (Å²) in [5.41, 5.74) is 1.12. The highest BCUT2D eigenvalue weighted by atomic mass is 32.2. The van der Waals surface area contributed by atoms with Gasteiger partial charge in [0.2, 0.25) is 0 Å². The van der Waals surface area contributed by atoms with Gasteiger partial charge >= 0.3 is 6.03 Å². The third kappa shape index (κ3) is 4.32. The second-order valence-corrected chi connectivity index (χ2v) is 7.55. The van der Waals surface area contributed by atoms with Gasteiger partial charge in [0.05, 0.1) is 10.4 Å². The summed E-state index contributed by atoms with van der Waals surface area (Å²) in [4.78, 5) is 12.1. The fraction of sp³-hybridized carbons (Fsp3) is 0.235. The van der Waals surface area contributed by atoms with E-state index in [1.165, 1.54) is 12.1 Å². The van der Waals surface area contributed by atoms with E-state index >= 15 is 0 Å². The Hall–Kier alpha value is -2.34. The van der Waals surface area contributed by atoms with E-state index in [1.807, 2.05) is 42.0 Å². The lowest BCUT2D eigenvalue weighted by atomic mass is 9.95. The van der Waals surface area contributed by atoms with Crippen molar-refractivity contribution in [3.8, 4) is 0 Å². The lowest BCUT2D eigenvalue weighted by Crippen LogP contribution is -2.48. The molecule has 2 aromatic carbocycles. The molecule has 6 heteroatoms. The minimum Gasteiger partial charge on any atom is -0.328 e. The monoisotopic (exact) mass is 332 g/mol. The molecule has 0 unspecified atom stereocenters. The van der Waals surface area contributed by atoms with E-state index in [9.17, 15) is 13.2 Å². The number of nitrogens with one attached hydrogen (secondary N) is 2. The molecule has 5 nitrogen and oxygen atoms in total. The molecule has 0 saturated heterocycles. The molecule has 2 rings (SSSR count). The van der Waals surface area contributed by atoms with Crippen LogP contribution in [0.15, 0.2) is 59.5 Å². The van der Waals surface area contributed by atoms with Gasteiger partial charge in [-0.15, -0.1) is 0 Å². The van der Waals surface area contributed by atoms with Crippen LogP contribution in [0.5, 0.6) is 0 Å². The first-order valence-corrected chi connectivity index (χ1v) is 8.66. The van der Waals surface area contributed by atoms with E-state index in [0.29, 0.717) is 0 Å². The number of carbonyl (C=O) groups excluding carboxylic acids is 1. The number of amides is 2. The maximum absolute atomic E-state index is 12.2. The number of hydrogen-bond donors (Lipinski definition) is 2. The largest absolute Gasteiger partial charge is 0.329 e. The smallest absolute Gasteiger partial charge is 0.328 e. The molecule has 0 bridgehead atoms. The van der Waals surface area contributed by atoms with Crippen LogP contribution in [0.3, 0.4) is 0 Å². The van der Waals surface area contributed by atoms with Crippen LogP contribution in [-0.2, 0) is 15.6 Å². The molecule has 23 heavy (non-hydrogen) atoms. The van der Waals surface area contributed by atoms with Crippen molar-refractivity contribution in [2.45, 2.75) is 31.2 Å². The zero-order valence-corrected chi connectivity index (χ0v) is 14.1. The minimum atomic E-state index is -3.89. The Kier molecular flexibility index (Phi) is 4.75. The maximum atomic E-state index is 12.2. The summed E-state index contributed by atoms with van der Waals surface area (Å²) in [6.07, 6.45) is 0.